The topological polar surface area (TPSA) is 28.2 Å². The zero-order valence-electron chi connectivity index (χ0n) is 12.4. The molecule has 0 fully saturated rings. The lowest BCUT2D eigenvalue weighted by Gasteiger charge is -2.38. The van der Waals surface area contributed by atoms with Crippen LogP contribution in [0.25, 0.3) is 0 Å². The van der Waals surface area contributed by atoms with E-state index in [1.807, 2.05) is 12.4 Å². The summed E-state index contributed by atoms with van der Waals surface area (Å²) in [6.45, 7) is 8.54. The molecule has 2 heterocycles. The molecule has 0 saturated carbocycles. The van der Waals surface area contributed by atoms with E-state index < -0.39 is 0 Å². The van der Waals surface area contributed by atoms with Crippen molar-refractivity contribution in [1.82, 2.24) is 4.98 Å². The first-order chi connectivity index (χ1) is 9.65. The van der Waals surface area contributed by atoms with Gasteiger partial charge in [-0.3, -0.25) is 4.98 Å². The van der Waals surface area contributed by atoms with Crippen molar-refractivity contribution in [3.63, 3.8) is 0 Å². The molecule has 0 aliphatic carbocycles. The zero-order chi connectivity index (χ0) is 14.1. The Balaban J connectivity index is 1.97. The summed E-state index contributed by atoms with van der Waals surface area (Å²) >= 11 is 0. The van der Waals surface area contributed by atoms with Crippen LogP contribution in [0.3, 0.4) is 0 Å². The fourth-order valence-electron chi connectivity index (χ4n) is 2.71. The monoisotopic (exact) mass is 267 g/mol. The molecule has 1 aliphatic rings. The molecular weight excluding hydrogens is 246 g/mol. The summed E-state index contributed by atoms with van der Waals surface area (Å²) in [5, 5.41) is 3.54. The molecule has 1 aliphatic heterocycles. The summed E-state index contributed by atoms with van der Waals surface area (Å²) < 4.78 is 0. The molecule has 0 bridgehead atoms. The van der Waals surface area contributed by atoms with E-state index >= 15 is 0 Å². The third-order valence-electron chi connectivity index (χ3n) is 4.14. The maximum Gasteiger partial charge on any atom is 0.0610 e. The molecule has 1 unspecified atom stereocenters. The van der Waals surface area contributed by atoms with Gasteiger partial charge < -0.3 is 10.2 Å². The van der Waals surface area contributed by atoms with Gasteiger partial charge in [-0.1, -0.05) is 0 Å². The van der Waals surface area contributed by atoms with E-state index in [9.17, 15) is 0 Å². The summed E-state index contributed by atoms with van der Waals surface area (Å²) in [7, 11) is 0. The second-order valence-electron chi connectivity index (χ2n) is 5.67. The predicted octanol–water partition coefficient (Wildman–Crippen LogP) is 3.52. The molecule has 104 valence electrons. The summed E-state index contributed by atoms with van der Waals surface area (Å²) in [6.07, 6.45) is 3.73. The van der Waals surface area contributed by atoms with Gasteiger partial charge in [0, 0.05) is 31.5 Å². The van der Waals surface area contributed by atoms with E-state index in [2.05, 4.69) is 60.2 Å². The highest BCUT2D eigenvalue weighted by Crippen LogP contribution is 2.34. The van der Waals surface area contributed by atoms with Gasteiger partial charge in [0.15, 0.2) is 0 Å². The molecule has 20 heavy (non-hydrogen) atoms. The highest BCUT2D eigenvalue weighted by Gasteiger charge is 2.23. The average Bonchev–Trinajstić information content (AvgIpc) is 2.45. The van der Waals surface area contributed by atoms with Gasteiger partial charge in [0.05, 0.1) is 11.4 Å². The smallest absolute Gasteiger partial charge is 0.0610 e. The van der Waals surface area contributed by atoms with E-state index in [1.54, 1.807) is 0 Å². The van der Waals surface area contributed by atoms with E-state index in [-0.39, 0.29) is 0 Å². The van der Waals surface area contributed by atoms with Crippen LogP contribution in [0.2, 0.25) is 0 Å². The molecule has 1 atom stereocenters. The van der Waals surface area contributed by atoms with Crippen molar-refractivity contribution >= 4 is 11.4 Å². The Morgan fingerprint density at radius 1 is 1.20 bits per heavy atom. The van der Waals surface area contributed by atoms with E-state index in [4.69, 9.17) is 0 Å². The molecule has 0 amide bonds. The van der Waals surface area contributed by atoms with Crippen LogP contribution in [0.1, 0.15) is 23.6 Å². The Morgan fingerprint density at radius 3 is 2.65 bits per heavy atom. The van der Waals surface area contributed by atoms with Crippen LogP contribution < -0.4 is 10.2 Å². The fraction of sp³-hybridized carbons (Fsp3) is 0.353. The van der Waals surface area contributed by atoms with Crippen LogP contribution in [0.15, 0.2) is 36.7 Å². The first-order valence-electron chi connectivity index (χ1n) is 7.16. The second-order valence-corrected chi connectivity index (χ2v) is 5.67. The van der Waals surface area contributed by atoms with Crippen LogP contribution in [0, 0.1) is 13.8 Å². The Morgan fingerprint density at radius 2 is 1.90 bits per heavy atom. The Kier molecular flexibility index (Phi) is 3.35. The van der Waals surface area contributed by atoms with Crippen LogP contribution >= 0.6 is 0 Å². The minimum absolute atomic E-state index is 0.484. The van der Waals surface area contributed by atoms with Crippen LogP contribution in [-0.2, 0) is 6.54 Å². The number of hydrogen-bond donors (Lipinski definition) is 1. The molecule has 0 spiro atoms. The van der Waals surface area contributed by atoms with Crippen LogP contribution in [0.5, 0.6) is 0 Å². The molecule has 1 aromatic carbocycles. The van der Waals surface area contributed by atoms with Gasteiger partial charge in [-0.15, -0.1) is 0 Å². The highest BCUT2D eigenvalue weighted by atomic mass is 15.2. The van der Waals surface area contributed by atoms with E-state index in [0.717, 1.165) is 13.1 Å². The second kappa shape index (κ2) is 5.16. The SMILES string of the molecule is Cc1cc2c(cc1C)N(Cc1ccncc1)C(C)CN2. The van der Waals surface area contributed by atoms with Crippen molar-refractivity contribution in [3.8, 4) is 0 Å². The first-order valence-corrected chi connectivity index (χ1v) is 7.16. The molecule has 0 saturated heterocycles. The minimum atomic E-state index is 0.484. The average molecular weight is 267 g/mol. The standard InChI is InChI=1S/C17H21N3/c1-12-8-16-17(9-13(12)2)20(14(3)10-19-16)11-15-4-6-18-7-5-15/h4-9,14,19H,10-11H2,1-3H3. The number of aromatic nitrogens is 1. The van der Waals surface area contributed by atoms with Crippen molar-refractivity contribution < 1.29 is 0 Å². The summed E-state index contributed by atoms with van der Waals surface area (Å²) in [6, 6.07) is 9.23. The molecular formula is C17H21N3. The third-order valence-corrected chi connectivity index (χ3v) is 4.14. The van der Waals surface area contributed by atoms with Crippen LogP contribution in [0.4, 0.5) is 11.4 Å². The normalized spacial score (nSPS) is 17.6. The van der Waals surface area contributed by atoms with E-state index in [0.29, 0.717) is 6.04 Å². The molecule has 0 radical (unpaired) electrons. The Hall–Kier alpha value is -2.03. The number of pyridine rings is 1. The number of nitrogens with zero attached hydrogens (tertiary/aromatic N) is 2. The number of anilines is 2. The van der Waals surface area contributed by atoms with Crippen molar-refractivity contribution in [3.05, 3.63) is 53.3 Å². The van der Waals surface area contributed by atoms with Gasteiger partial charge in [0.1, 0.15) is 0 Å². The molecule has 1 aromatic heterocycles. The molecule has 3 heteroatoms. The number of rotatable bonds is 2. The van der Waals surface area contributed by atoms with Crippen molar-refractivity contribution in [1.29, 1.82) is 0 Å². The number of nitrogens with one attached hydrogen (secondary N) is 1. The molecule has 3 nitrogen and oxygen atoms in total. The fourth-order valence-corrected chi connectivity index (χ4v) is 2.71. The van der Waals surface area contributed by atoms with Gasteiger partial charge in [-0.25, -0.2) is 0 Å². The Labute approximate surface area is 120 Å². The van der Waals surface area contributed by atoms with Gasteiger partial charge in [-0.2, -0.15) is 0 Å². The maximum absolute atomic E-state index is 4.10. The van der Waals surface area contributed by atoms with Gasteiger partial charge in [-0.05, 0) is 61.7 Å². The molecule has 1 N–H and O–H groups in total. The van der Waals surface area contributed by atoms with Gasteiger partial charge >= 0.3 is 0 Å². The zero-order valence-corrected chi connectivity index (χ0v) is 12.4. The number of fused-ring (bicyclic) bond motifs is 1. The van der Waals surface area contributed by atoms with Crippen molar-refractivity contribution in [2.45, 2.75) is 33.4 Å². The number of benzene rings is 1. The lowest BCUT2D eigenvalue weighted by atomic mass is 10.0. The van der Waals surface area contributed by atoms with E-state index in [1.165, 1.54) is 28.1 Å². The maximum atomic E-state index is 4.10. The first kappa shape index (κ1) is 13.0. The predicted molar refractivity (Wildman–Crippen MR) is 84.3 cm³/mol. The lowest BCUT2D eigenvalue weighted by Crippen LogP contribution is -2.41. The van der Waals surface area contributed by atoms with Crippen molar-refractivity contribution in [2.75, 3.05) is 16.8 Å². The minimum Gasteiger partial charge on any atom is -0.381 e. The summed E-state index contributed by atoms with van der Waals surface area (Å²) in [4.78, 5) is 6.58. The Bertz CT molecular complexity index is 607. The molecule has 3 rings (SSSR count). The number of hydrogen-bond acceptors (Lipinski definition) is 3. The summed E-state index contributed by atoms with van der Waals surface area (Å²) in [5.41, 5.74) is 6.55. The number of aryl methyl sites for hydroxylation is 2. The third kappa shape index (κ3) is 2.36. The van der Waals surface area contributed by atoms with Gasteiger partial charge in [0.2, 0.25) is 0 Å². The largest absolute Gasteiger partial charge is 0.381 e. The van der Waals surface area contributed by atoms with Gasteiger partial charge in [0.25, 0.3) is 0 Å². The highest BCUT2D eigenvalue weighted by molar-refractivity contribution is 5.74. The summed E-state index contributed by atoms with van der Waals surface area (Å²) in [5.74, 6) is 0. The lowest BCUT2D eigenvalue weighted by molar-refractivity contribution is 0.640. The molecule has 2 aromatic rings. The van der Waals surface area contributed by atoms with Crippen molar-refractivity contribution in [2.24, 2.45) is 0 Å². The quantitative estimate of drug-likeness (QED) is 0.902. The van der Waals surface area contributed by atoms with Crippen LogP contribution in [-0.4, -0.2) is 17.6 Å².